The number of nitro benzene ring substituents is 1. The lowest BCUT2D eigenvalue weighted by Crippen LogP contribution is -2.06. The Morgan fingerprint density at radius 1 is 1.33 bits per heavy atom. The predicted octanol–water partition coefficient (Wildman–Crippen LogP) is 3.62. The van der Waals surface area contributed by atoms with Gasteiger partial charge in [0.2, 0.25) is 0 Å². The summed E-state index contributed by atoms with van der Waals surface area (Å²) in [4.78, 5) is 9.84. The van der Waals surface area contributed by atoms with Crippen LogP contribution in [0.2, 0.25) is 0 Å². The normalized spacial score (nSPS) is 11.1. The van der Waals surface area contributed by atoms with Crippen LogP contribution in [0.15, 0.2) is 24.3 Å². The number of rotatable bonds is 3. The van der Waals surface area contributed by atoms with Gasteiger partial charge in [-0.05, 0) is 34.6 Å². The van der Waals surface area contributed by atoms with Gasteiger partial charge in [0.15, 0.2) is 0 Å². The first-order chi connectivity index (χ1) is 6.82. The van der Waals surface area contributed by atoms with Crippen LogP contribution in [0.4, 0.5) is 11.4 Å². The molecule has 0 fully saturated rings. The minimum Gasteiger partial charge on any atom is -0.302 e. The van der Waals surface area contributed by atoms with E-state index in [-0.39, 0.29) is 5.69 Å². The van der Waals surface area contributed by atoms with Crippen LogP contribution in [0.25, 0.3) is 0 Å². The van der Waals surface area contributed by atoms with Crippen molar-refractivity contribution in [1.82, 2.24) is 0 Å². The Morgan fingerprint density at radius 3 is 2.13 bits per heavy atom. The molecule has 0 aliphatic carbocycles. The smallest absolute Gasteiger partial charge is 0.302 e. The lowest BCUT2D eigenvalue weighted by Gasteiger charge is -2.19. The highest BCUT2D eigenvalue weighted by atomic mass is 35.9. The van der Waals surface area contributed by atoms with Crippen molar-refractivity contribution in [2.75, 3.05) is 11.7 Å². The number of non-ortho nitro benzene ring substituents is 1. The fraction of sp³-hybridized carbons (Fsp3) is 0.143. The van der Waals surface area contributed by atoms with Crippen LogP contribution in [0, 0.1) is 10.1 Å². The number of nitrogens with zero attached hydrogens (tertiary/aromatic N) is 2. The van der Waals surface area contributed by atoms with Gasteiger partial charge in [-0.15, -0.1) is 0 Å². The molecular weight excluding hydrogens is 262 g/mol. The Bertz CT molecular complexity index is 417. The number of benzene rings is 1. The van der Waals surface area contributed by atoms with E-state index in [9.17, 15) is 14.7 Å². The fourth-order valence-corrected chi connectivity index (χ4v) is 1.85. The third kappa shape index (κ3) is 3.09. The molecule has 8 heteroatoms. The van der Waals surface area contributed by atoms with Gasteiger partial charge in [-0.2, -0.15) is 0 Å². The van der Waals surface area contributed by atoms with E-state index in [0.717, 1.165) is 0 Å². The molecule has 0 heterocycles. The van der Waals surface area contributed by atoms with E-state index >= 15 is 0 Å². The Kier molecular flexibility index (Phi) is 3.60. The van der Waals surface area contributed by atoms with Crippen molar-refractivity contribution in [3.05, 3.63) is 34.4 Å². The molecule has 15 heavy (non-hydrogen) atoms. The third-order valence-electron chi connectivity index (χ3n) is 1.78. The molecule has 0 amide bonds. The molecule has 0 aliphatic heterocycles. The maximum Gasteiger partial charge on any atom is 0.345 e. The van der Waals surface area contributed by atoms with Crippen LogP contribution in [0.3, 0.4) is 0 Å². The SMILES string of the molecule is CN(c1ccc([N+](=O)[O-])cc1)P(=O)(Cl)Cl. The lowest BCUT2D eigenvalue weighted by molar-refractivity contribution is -0.384. The quantitative estimate of drug-likeness (QED) is 0.477. The van der Waals surface area contributed by atoms with E-state index in [1.807, 2.05) is 0 Å². The van der Waals surface area contributed by atoms with Crippen LogP contribution in [0.5, 0.6) is 0 Å². The van der Waals surface area contributed by atoms with Crippen molar-refractivity contribution in [1.29, 1.82) is 0 Å². The number of hydrogen-bond donors (Lipinski definition) is 0. The highest BCUT2D eigenvalue weighted by Gasteiger charge is 2.21. The van der Waals surface area contributed by atoms with Gasteiger partial charge in [0.05, 0.1) is 4.92 Å². The van der Waals surface area contributed by atoms with Gasteiger partial charge in [-0.3, -0.25) is 14.7 Å². The largest absolute Gasteiger partial charge is 0.345 e. The van der Waals surface area contributed by atoms with Crippen molar-refractivity contribution >= 4 is 39.9 Å². The Balaban J connectivity index is 2.99. The molecule has 0 aromatic heterocycles. The number of halogens is 2. The molecule has 0 bridgehead atoms. The van der Waals surface area contributed by atoms with Crippen molar-refractivity contribution in [2.45, 2.75) is 0 Å². The maximum absolute atomic E-state index is 11.3. The second-order valence-electron chi connectivity index (χ2n) is 2.73. The molecular formula is C7H7Cl2N2O3P. The van der Waals surface area contributed by atoms with Gasteiger partial charge in [0, 0.05) is 24.9 Å². The van der Waals surface area contributed by atoms with E-state index in [1.165, 1.54) is 36.0 Å². The van der Waals surface area contributed by atoms with Gasteiger partial charge < -0.3 is 4.67 Å². The first-order valence-electron chi connectivity index (χ1n) is 3.80. The molecule has 1 aromatic carbocycles. The van der Waals surface area contributed by atoms with Gasteiger partial charge in [-0.1, -0.05) is 0 Å². The van der Waals surface area contributed by atoms with Gasteiger partial charge in [0.25, 0.3) is 5.69 Å². The molecule has 0 saturated heterocycles. The fourth-order valence-electron chi connectivity index (χ4n) is 0.925. The molecule has 0 spiro atoms. The monoisotopic (exact) mass is 268 g/mol. The molecule has 1 aromatic rings. The number of nitro groups is 1. The highest BCUT2D eigenvalue weighted by Crippen LogP contribution is 2.60. The molecule has 1 rings (SSSR count). The molecule has 82 valence electrons. The van der Waals surface area contributed by atoms with Crippen molar-refractivity contribution in [3.63, 3.8) is 0 Å². The van der Waals surface area contributed by atoms with Crippen LogP contribution in [-0.2, 0) is 4.57 Å². The molecule has 0 saturated carbocycles. The summed E-state index contributed by atoms with van der Waals surface area (Å²) < 4.78 is 12.4. The average Bonchev–Trinajstić information content (AvgIpc) is 2.15. The number of anilines is 1. The zero-order chi connectivity index (χ0) is 11.6. The summed E-state index contributed by atoms with van der Waals surface area (Å²) >= 11 is 10.9. The second kappa shape index (κ2) is 4.39. The number of hydrogen-bond acceptors (Lipinski definition) is 3. The Morgan fingerprint density at radius 2 is 1.80 bits per heavy atom. The Hall–Kier alpha value is -0.770. The lowest BCUT2D eigenvalue weighted by atomic mass is 10.3. The average molecular weight is 269 g/mol. The molecule has 0 atom stereocenters. The van der Waals surface area contributed by atoms with Crippen LogP contribution in [0.1, 0.15) is 0 Å². The van der Waals surface area contributed by atoms with Crippen molar-refractivity contribution in [3.8, 4) is 0 Å². The first kappa shape index (κ1) is 12.3. The summed E-state index contributed by atoms with van der Waals surface area (Å²) in [6.45, 7) is 0. The van der Waals surface area contributed by atoms with Gasteiger partial charge in [0.1, 0.15) is 0 Å². The zero-order valence-corrected chi connectivity index (χ0v) is 10.0. The van der Waals surface area contributed by atoms with E-state index in [0.29, 0.717) is 5.69 Å². The predicted molar refractivity (Wildman–Crippen MR) is 60.8 cm³/mol. The maximum atomic E-state index is 11.3. The second-order valence-corrected chi connectivity index (χ2v) is 7.47. The summed E-state index contributed by atoms with van der Waals surface area (Å²) in [6.07, 6.45) is 0. The van der Waals surface area contributed by atoms with E-state index in [4.69, 9.17) is 22.5 Å². The minimum absolute atomic E-state index is 0.0499. The standard InChI is InChI=1S/C7H7Cl2N2O3P/c1-10(15(8,9)14)6-2-4-7(5-3-6)11(12)13/h2-5H,1H3. The van der Waals surface area contributed by atoms with Crippen molar-refractivity contribution in [2.24, 2.45) is 0 Å². The summed E-state index contributed by atoms with van der Waals surface area (Å²) in [5.41, 5.74) is 0.403. The van der Waals surface area contributed by atoms with Crippen LogP contribution >= 0.6 is 28.5 Å². The molecule has 5 nitrogen and oxygen atoms in total. The van der Waals surface area contributed by atoms with E-state index in [1.54, 1.807) is 0 Å². The van der Waals surface area contributed by atoms with E-state index < -0.39 is 10.9 Å². The van der Waals surface area contributed by atoms with Crippen molar-refractivity contribution < 1.29 is 9.49 Å². The van der Waals surface area contributed by atoms with Crippen LogP contribution < -0.4 is 4.67 Å². The highest BCUT2D eigenvalue weighted by molar-refractivity contribution is 8.09. The van der Waals surface area contributed by atoms with Gasteiger partial charge in [-0.25, -0.2) is 0 Å². The van der Waals surface area contributed by atoms with Gasteiger partial charge >= 0.3 is 6.00 Å². The molecule has 0 radical (unpaired) electrons. The molecule has 0 aliphatic rings. The van der Waals surface area contributed by atoms with E-state index in [2.05, 4.69) is 0 Å². The summed E-state index contributed by atoms with van der Waals surface area (Å²) in [5, 5.41) is 10.4. The summed E-state index contributed by atoms with van der Waals surface area (Å²) in [5.74, 6) is -3.41. The third-order valence-corrected chi connectivity index (χ3v) is 4.07. The first-order valence-corrected chi connectivity index (χ1v) is 7.27. The summed E-state index contributed by atoms with van der Waals surface area (Å²) in [6, 6.07) is 5.43. The molecule has 0 N–H and O–H groups in total. The zero-order valence-electron chi connectivity index (χ0n) is 7.63. The topological polar surface area (TPSA) is 63.4 Å². The summed E-state index contributed by atoms with van der Waals surface area (Å²) in [7, 11) is 1.45. The minimum atomic E-state index is -3.41. The Labute approximate surface area is 95.7 Å². The van der Waals surface area contributed by atoms with Crippen LogP contribution in [-0.4, -0.2) is 12.0 Å². The molecule has 0 unspecified atom stereocenters.